The van der Waals surface area contributed by atoms with Gasteiger partial charge in [0.15, 0.2) is 0 Å². The summed E-state index contributed by atoms with van der Waals surface area (Å²) in [7, 11) is 0. The first kappa shape index (κ1) is 18.1. The fourth-order valence-corrected chi connectivity index (χ4v) is 5.53. The summed E-state index contributed by atoms with van der Waals surface area (Å²) in [5.74, 6) is 2.59. The first-order valence-electron chi connectivity index (χ1n) is 10.4. The quantitative estimate of drug-likeness (QED) is 0.683. The van der Waals surface area contributed by atoms with Crippen LogP contribution in [0.4, 0.5) is 0 Å². The fraction of sp³-hybridized carbons (Fsp3) is 0.375. The average molecular weight is 387 g/mol. The molecule has 3 aromatic rings. The Bertz CT molecular complexity index is 1050. The second kappa shape index (κ2) is 7.14. The highest BCUT2D eigenvalue weighted by molar-refractivity contribution is 5.94. The summed E-state index contributed by atoms with van der Waals surface area (Å²) >= 11 is 0. The molecule has 0 radical (unpaired) electrons. The molecule has 5 rings (SSSR count). The number of carbonyl (C=O) groups excluding carboxylic acids is 1. The molecule has 29 heavy (non-hydrogen) atoms. The number of hydrogen-bond acceptors (Lipinski definition) is 4. The lowest BCUT2D eigenvalue weighted by atomic mass is 9.84. The van der Waals surface area contributed by atoms with Gasteiger partial charge in [-0.05, 0) is 60.6 Å². The van der Waals surface area contributed by atoms with E-state index in [1.165, 1.54) is 0 Å². The highest BCUT2D eigenvalue weighted by Gasteiger charge is 2.59. The van der Waals surface area contributed by atoms with Crippen molar-refractivity contribution in [2.24, 2.45) is 23.5 Å². The summed E-state index contributed by atoms with van der Waals surface area (Å²) in [6, 6.07) is 15.9. The molecular formula is C24H25N3O2. The molecule has 2 N–H and O–H groups in total. The van der Waals surface area contributed by atoms with Crippen LogP contribution in [0.5, 0.6) is 5.88 Å². The highest BCUT2D eigenvalue weighted by Crippen LogP contribution is 2.64. The molecule has 148 valence electrons. The SMILES string of the molecule is CC[C@H](c1ccccc1C(N)=O)C1[C@H]2CC(Oc3nncc4ccccc34)C[C@H]12. The Morgan fingerprint density at radius 2 is 1.86 bits per heavy atom. The van der Waals surface area contributed by atoms with E-state index in [9.17, 15) is 4.79 Å². The number of nitrogens with zero attached hydrogens (tertiary/aromatic N) is 2. The number of fused-ring (bicyclic) bond motifs is 2. The molecule has 1 aromatic heterocycles. The third kappa shape index (κ3) is 3.15. The summed E-state index contributed by atoms with van der Waals surface area (Å²) in [5, 5.41) is 10.4. The lowest BCUT2D eigenvalue weighted by Gasteiger charge is -2.22. The van der Waals surface area contributed by atoms with Gasteiger partial charge in [-0.15, -0.1) is 5.10 Å². The molecule has 2 aliphatic carbocycles. The van der Waals surface area contributed by atoms with Gasteiger partial charge >= 0.3 is 0 Å². The molecule has 3 atom stereocenters. The number of hydrogen-bond donors (Lipinski definition) is 1. The first-order valence-corrected chi connectivity index (χ1v) is 10.4. The standard InChI is InChI=1S/C24H25N3O2/c1-2-16(18-9-5-6-10-19(18)23(25)28)22-20-11-15(12-21(20)22)29-24-17-8-4-3-7-14(17)13-26-27-24/h3-10,13,15-16,20-22H,2,11-12H2,1H3,(H2,25,28)/t15?,16-,20+,21+,22?/m1/s1. The maximum atomic E-state index is 11.9. The maximum absolute atomic E-state index is 11.9. The molecule has 0 spiro atoms. The predicted octanol–water partition coefficient (Wildman–Crippen LogP) is 4.33. The molecule has 1 heterocycles. The van der Waals surface area contributed by atoms with Crippen LogP contribution in [0, 0.1) is 17.8 Å². The molecule has 0 saturated heterocycles. The molecule has 2 saturated carbocycles. The number of rotatable bonds is 6. The van der Waals surface area contributed by atoms with Gasteiger partial charge in [0.1, 0.15) is 6.10 Å². The van der Waals surface area contributed by atoms with Crippen LogP contribution < -0.4 is 10.5 Å². The minimum Gasteiger partial charge on any atom is -0.473 e. The average Bonchev–Trinajstić information content (AvgIpc) is 3.22. The summed E-state index contributed by atoms with van der Waals surface area (Å²) in [5.41, 5.74) is 7.41. The summed E-state index contributed by atoms with van der Waals surface area (Å²) in [6.45, 7) is 2.20. The molecule has 2 fully saturated rings. The van der Waals surface area contributed by atoms with E-state index in [-0.39, 0.29) is 12.0 Å². The lowest BCUT2D eigenvalue weighted by molar-refractivity contribution is 0.0998. The van der Waals surface area contributed by atoms with Gasteiger partial charge in [0.05, 0.1) is 6.20 Å². The molecule has 0 unspecified atom stereocenters. The number of primary amides is 1. The Morgan fingerprint density at radius 1 is 1.14 bits per heavy atom. The van der Waals surface area contributed by atoms with Crippen LogP contribution in [-0.4, -0.2) is 22.2 Å². The Morgan fingerprint density at radius 3 is 2.62 bits per heavy atom. The second-order valence-electron chi connectivity index (χ2n) is 8.32. The number of benzene rings is 2. The van der Waals surface area contributed by atoms with Gasteiger partial charge in [-0.1, -0.05) is 43.3 Å². The van der Waals surface area contributed by atoms with Crippen LogP contribution in [0.25, 0.3) is 10.8 Å². The van der Waals surface area contributed by atoms with Gasteiger partial charge in [-0.25, -0.2) is 0 Å². The third-order valence-corrected chi connectivity index (χ3v) is 6.81. The van der Waals surface area contributed by atoms with Crippen molar-refractivity contribution in [2.45, 2.75) is 38.2 Å². The zero-order chi connectivity index (χ0) is 20.0. The van der Waals surface area contributed by atoms with E-state index in [1.54, 1.807) is 6.20 Å². The van der Waals surface area contributed by atoms with Crippen molar-refractivity contribution in [1.82, 2.24) is 10.2 Å². The monoisotopic (exact) mass is 387 g/mol. The van der Waals surface area contributed by atoms with Gasteiger partial charge in [0.2, 0.25) is 11.8 Å². The molecule has 1 amide bonds. The van der Waals surface area contributed by atoms with E-state index in [0.717, 1.165) is 35.6 Å². The van der Waals surface area contributed by atoms with Crippen molar-refractivity contribution in [3.05, 3.63) is 65.9 Å². The highest BCUT2D eigenvalue weighted by atomic mass is 16.5. The van der Waals surface area contributed by atoms with Crippen molar-refractivity contribution in [3.63, 3.8) is 0 Å². The van der Waals surface area contributed by atoms with Gasteiger partial charge < -0.3 is 10.5 Å². The summed E-state index contributed by atoms with van der Waals surface area (Å²) in [6.07, 6.45) is 5.05. The van der Waals surface area contributed by atoms with E-state index < -0.39 is 0 Å². The minimum atomic E-state index is -0.333. The molecule has 2 aliphatic rings. The second-order valence-corrected chi connectivity index (χ2v) is 8.32. The van der Waals surface area contributed by atoms with E-state index in [1.807, 2.05) is 42.5 Å². The summed E-state index contributed by atoms with van der Waals surface area (Å²) in [4.78, 5) is 11.9. The normalized spacial score (nSPS) is 24.2. The Hall–Kier alpha value is -2.95. The number of amides is 1. The van der Waals surface area contributed by atoms with Crippen molar-refractivity contribution in [1.29, 1.82) is 0 Å². The van der Waals surface area contributed by atoms with Crippen LogP contribution in [-0.2, 0) is 0 Å². The number of aromatic nitrogens is 2. The van der Waals surface area contributed by atoms with Crippen LogP contribution in [0.3, 0.4) is 0 Å². The Balaban J connectivity index is 1.30. The lowest BCUT2D eigenvalue weighted by Crippen LogP contribution is -2.20. The molecule has 2 aromatic carbocycles. The molecule has 5 nitrogen and oxygen atoms in total. The Labute approximate surface area is 170 Å². The minimum absolute atomic E-state index is 0.185. The smallest absolute Gasteiger partial charge is 0.248 e. The molecule has 0 aliphatic heterocycles. The van der Waals surface area contributed by atoms with Gasteiger partial charge in [-0.3, -0.25) is 4.79 Å². The van der Waals surface area contributed by atoms with Crippen molar-refractivity contribution in [2.75, 3.05) is 0 Å². The molecular weight excluding hydrogens is 362 g/mol. The van der Waals surface area contributed by atoms with Gasteiger partial charge in [-0.2, -0.15) is 5.10 Å². The zero-order valence-electron chi connectivity index (χ0n) is 16.5. The number of nitrogens with two attached hydrogens (primary N) is 1. The predicted molar refractivity (Wildman–Crippen MR) is 112 cm³/mol. The topological polar surface area (TPSA) is 78.1 Å². The molecule has 5 heteroatoms. The van der Waals surface area contributed by atoms with Crippen LogP contribution in [0.2, 0.25) is 0 Å². The van der Waals surface area contributed by atoms with Gasteiger partial charge in [0, 0.05) is 16.3 Å². The van der Waals surface area contributed by atoms with Crippen molar-refractivity contribution in [3.8, 4) is 5.88 Å². The molecule has 0 bridgehead atoms. The maximum Gasteiger partial charge on any atom is 0.248 e. The van der Waals surface area contributed by atoms with E-state index in [4.69, 9.17) is 10.5 Å². The largest absolute Gasteiger partial charge is 0.473 e. The van der Waals surface area contributed by atoms with Crippen LogP contribution >= 0.6 is 0 Å². The fourth-order valence-electron chi connectivity index (χ4n) is 5.53. The zero-order valence-corrected chi connectivity index (χ0v) is 16.5. The van der Waals surface area contributed by atoms with E-state index >= 15 is 0 Å². The number of ether oxygens (including phenoxy) is 1. The van der Waals surface area contributed by atoms with Gasteiger partial charge in [0.25, 0.3) is 0 Å². The third-order valence-electron chi connectivity index (χ3n) is 6.81. The Kier molecular flexibility index (Phi) is 4.46. The first-order chi connectivity index (χ1) is 14.2. The van der Waals surface area contributed by atoms with Crippen LogP contribution in [0.15, 0.2) is 54.7 Å². The van der Waals surface area contributed by atoms with Crippen molar-refractivity contribution >= 4 is 16.7 Å². The number of carbonyl (C=O) groups is 1. The van der Waals surface area contributed by atoms with E-state index in [2.05, 4.69) is 23.2 Å². The summed E-state index contributed by atoms with van der Waals surface area (Å²) < 4.78 is 6.27. The van der Waals surface area contributed by atoms with Crippen LogP contribution in [0.1, 0.15) is 48.0 Å². The van der Waals surface area contributed by atoms with E-state index in [0.29, 0.717) is 35.1 Å². The van der Waals surface area contributed by atoms with Crippen molar-refractivity contribution < 1.29 is 9.53 Å².